The van der Waals surface area contributed by atoms with Crippen LogP contribution in [0.1, 0.15) is 37.4 Å². The topological polar surface area (TPSA) is 64.1 Å². The van der Waals surface area contributed by atoms with Crippen LogP contribution in [0.15, 0.2) is 12.5 Å². The third-order valence-electron chi connectivity index (χ3n) is 3.73. The quantitative estimate of drug-likeness (QED) is 0.838. The van der Waals surface area contributed by atoms with Gasteiger partial charge in [0.05, 0.1) is 24.7 Å². The third kappa shape index (κ3) is 2.67. The molecule has 2 rings (SSSR count). The standard InChI is InChI=1S/C12H21N3OS/c1-17-12(4-2-3-5-12)8-15-9-14-6-11(15)10(13)7-16/h6,9-10,16H,2-5,7-8,13H2,1H3. The minimum absolute atomic E-state index is 0.0298. The predicted molar refractivity (Wildman–Crippen MR) is 71.0 cm³/mol. The van der Waals surface area contributed by atoms with Crippen molar-refractivity contribution in [3.05, 3.63) is 18.2 Å². The molecule has 1 aliphatic rings. The average molecular weight is 255 g/mol. The number of hydrogen-bond acceptors (Lipinski definition) is 4. The van der Waals surface area contributed by atoms with E-state index in [1.165, 1.54) is 25.7 Å². The van der Waals surface area contributed by atoms with E-state index < -0.39 is 0 Å². The zero-order chi connectivity index (χ0) is 12.3. The van der Waals surface area contributed by atoms with Gasteiger partial charge in [0, 0.05) is 17.5 Å². The van der Waals surface area contributed by atoms with Crippen molar-refractivity contribution in [1.82, 2.24) is 9.55 Å². The van der Waals surface area contributed by atoms with Gasteiger partial charge in [-0.25, -0.2) is 4.98 Å². The van der Waals surface area contributed by atoms with E-state index in [-0.39, 0.29) is 12.6 Å². The lowest BCUT2D eigenvalue weighted by molar-refractivity contribution is 0.262. The molecule has 1 fully saturated rings. The smallest absolute Gasteiger partial charge is 0.0949 e. The summed E-state index contributed by atoms with van der Waals surface area (Å²) in [5.41, 5.74) is 6.82. The minimum atomic E-state index is -0.321. The fourth-order valence-corrected chi connectivity index (χ4v) is 3.59. The molecule has 96 valence electrons. The van der Waals surface area contributed by atoms with Crippen LogP contribution in [0.25, 0.3) is 0 Å². The van der Waals surface area contributed by atoms with Gasteiger partial charge in [0.15, 0.2) is 0 Å². The van der Waals surface area contributed by atoms with Crippen LogP contribution in [0.4, 0.5) is 0 Å². The first-order valence-electron chi connectivity index (χ1n) is 6.12. The highest BCUT2D eigenvalue weighted by atomic mass is 32.2. The molecule has 0 aromatic carbocycles. The molecule has 1 saturated carbocycles. The van der Waals surface area contributed by atoms with E-state index in [9.17, 15) is 0 Å². The molecule has 0 radical (unpaired) electrons. The molecule has 1 heterocycles. The Balaban J connectivity index is 2.15. The van der Waals surface area contributed by atoms with Gasteiger partial charge in [0.1, 0.15) is 0 Å². The largest absolute Gasteiger partial charge is 0.394 e. The van der Waals surface area contributed by atoms with Crippen LogP contribution >= 0.6 is 11.8 Å². The Morgan fingerprint density at radius 1 is 1.59 bits per heavy atom. The molecule has 17 heavy (non-hydrogen) atoms. The molecule has 1 aromatic rings. The second kappa shape index (κ2) is 5.42. The second-order valence-corrected chi connectivity index (χ2v) is 6.10. The Morgan fingerprint density at radius 2 is 2.29 bits per heavy atom. The molecular formula is C12H21N3OS. The fourth-order valence-electron chi connectivity index (χ4n) is 2.62. The van der Waals surface area contributed by atoms with E-state index in [0.29, 0.717) is 4.75 Å². The lowest BCUT2D eigenvalue weighted by Gasteiger charge is -2.28. The van der Waals surface area contributed by atoms with Crippen molar-refractivity contribution in [1.29, 1.82) is 0 Å². The summed E-state index contributed by atoms with van der Waals surface area (Å²) in [5.74, 6) is 0. The molecule has 0 saturated heterocycles. The summed E-state index contributed by atoms with van der Waals surface area (Å²) in [5, 5.41) is 9.14. The number of nitrogens with two attached hydrogens (primary N) is 1. The molecule has 0 bridgehead atoms. The van der Waals surface area contributed by atoms with Gasteiger partial charge < -0.3 is 15.4 Å². The number of hydrogen-bond donors (Lipinski definition) is 2. The zero-order valence-electron chi connectivity index (χ0n) is 10.3. The van der Waals surface area contributed by atoms with Gasteiger partial charge in [-0.05, 0) is 19.1 Å². The van der Waals surface area contributed by atoms with Gasteiger partial charge in [0.25, 0.3) is 0 Å². The summed E-state index contributed by atoms with van der Waals surface area (Å²) in [6, 6.07) is -0.321. The van der Waals surface area contributed by atoms with Crippen molar-refractivity contribution < 1.29 is 5.11 Å². The van der Waals surface area contributed by atoms with E-state index in [1.54, 1.807) is 6.20 Å². The summed E-state index contributed by atoms with van der Waals surface area (Å²) in [4.78, 5) is 4.16. The Labute approximate surface area is 107 Å². The van der Waals surface area contributed by atoms with Crippen LogP contribution in [0.2, 0.25) is 0 Å². The number of imidazole rings is 1. The first-order valence-corrected chi connectivity index (χ1v) is 7.35. The molecule has 0 aliphatic heterocycles. The maximum atomic E-state index is 9.14. The van der Waals surface area contributed by atoms with Crippen LogP contribution < -0.4 is 5.73 Å². The van der Waals surface area contributed by atoms with Crippen molar-refractivity contribution in [2.75, 3.05) is 12.9 Å². The van der Waals surface area contributed by atoms with Gasteiger partial charge in [-0.15, -0.1) is 0 Å². The average Bonchev–Trinajstić information content (AvgIpc) is 2.98. The first-order chi connectivity index (χ1) is 8.21. The normalized spacial score (nSPS) is 20.6. The molecule has 4 nitrogen and oxygen atoms in total. The number of rotatable bonds is 5. The van der Waals surface area contributed by atoms with Gasteiger partial charge in [-0.2, -0.15) is 11.8 Å². The highest BCUT2D eigenvalue weighted by Gasteiger charge is 2.34. The summed E-state index contributed by atoms with van der Waals surface area (Å²) in [6.07, 6.45) is 11.0. The van der Waals surface area contributed by atoms with Gasteiger partial charge in [-0.1, -0.05) is 12.8 Å². The highest BCUT2D eigenvalue weighted by Crippen LogP contribution is 2.41. The van der Waals surface area contributed by atoms with Crippen molar-refractivity contribution in [3.8, 4) is 0 Å². The number of thioether (sulfide) groups is 1. The van der Waals surface area contributed by atoms with E-state index in [2.05, 4.69) is 15.8 Å². The van der Waals surface area contributed by atoms with Crippen LogP contribution in [-0.4, -0.2) is 32.3 Å². The predicted octanol–water partition coefficient (Wildman–Crippen LogP) is 1.55. The van der Waals surface area contributed by atoms with Crippen molar-refractivity contribution in [3.63, 3.8) is 0 Å². The van der Waals surface area contributed by atoms with Crippen LogP contribution in [0.5, 0.6) is 0 Å². The fraction of sp³-hybridized carbons (Fsp3) is 0.750. The molecule has 0 amide bonds. The molecule has 1 atom stereocenters. The van der Waals surface area contributed by atoms with Crippen molar-refractivity contribution >= 4 is 11.8 Å². The van der Waals surface area contributed by atoms with Gasteiger partial charge >= 0.3 is 0 Å². The molecule has 1 aliphatic carbocycles. The van der Waals surface area contributed by atoms with Gasteiger partial charge in [0.2, 0.25) is 0 Å². The Bertz CT molecular complexity index is 360. The number of aliphatic hydroxyl groups is 1. The van der Waals surface area contributed by atoms with E-state index >= 15 is 0 Å². The summed E-state index contributed by atoms with van der Waals surface area (Å²) in [6.45, 7) is 0.926. The third-order valence-corrected chi connectivity index (χ3v) is 5.13. The van der Waals surface area contributed by atoms with Crippen molar-refractivity contribution in [2.24, 2.45) is 5.73 Å². The van der Waals surface area contributed by atoms with Crippen molar-refractivity contribution in [2.45, 2.75) is 43.0 Å². The monoisotopic (exact) mass is 255 g/mol. The number of nitrogens with zero attached hydrogens (tertiary/aromatic N) is 2. The second-order valence-electron chi connectivity index (χ2n) is 4.83. The molecule has 5 heteroatoms. The number of aromatic nitrogens is 2. The highest BCUT2D eigenvalue weighted by molar-refractivity contribution is 8.00. The van der Waals surface area contributed by atoms with Gasteiger partial charge in [-0.3, -0.25) is 0 Å². The maximum absolute atomic E-state index is 9.14. The molecule has 3 N–H and O–H groups in total. The Morgan fingerprint density at radius 3 is 2.88 bits per heavy atom. The van der Waals surface area contributed by atoms with Crippen LogP contribution in [-0.2, 0) is 6.54 Å². The molecular weight excluding hydrogens is 234 g/mol. The summed E-state index contributed by atoms with van der Waals surface area (Å²) >= 11 is 1.95. The summed E-state index contributed by atoms with van der Waals surface area (Å²) < 4.78 is 2.45. The van der Waals surface area contributed by atoms with Crippen LogP contribution in [0.3, 0.4) is 0 Å². The first kappa shape index (κ1) is 12.9. The van der Waals surface area contributed by atoms with Crippen LogP contribution in [0, 0.1) is 0 Å². The van der Waals surface area contributed by atoms with E-state index in [4.69, 9.17) is 10.8 Å². The molecule has 1 aromatic heterocycles. The minimum Gasteiger partial charge on any atom is -0.394 e. The maximum Gasteiger partial charge on any atom is 0.0949 e. The SMILES string of the molecule is CSC1(Cn2cncc2C(N)CO)CCCC1. The van der Waals surface area contributed by atoms with E-state index in [1.807, 2.05) is 18.1 Å². The Hall–Kier alpha value is -0.520. The Kier molecular flexibility index (Phi) is 4.12. The zero-order valence-corrected chi connectivity index (χ0v) is 11.1. The lowest BCUT2D eigenvalue weighted by atomic mass is 10.1. The summed E-state index contributed by atoms with van der Waals surface area (Å²) in [7, 11) is 0. The lowest BCUT2D eigenvalue weighted by Crippen LogP contribution is -2.29. The van der Waals surface area contributed by atoms with E-state index in [0.717, 1.165) is 12.2 Å². The molecule has 0 spiro atoms. The molecule has 1 unspecified atom stereocenters. The number of aliphatic hydroxyl groups excluding tert-OH is 1.